The van der Waals surface area contributed by atoms with Gasteiger partial charge in [-0.25, -0.2) is 4.79 Å². The van der Waals surface area contributed by atoms with E-state index in [2.05, 4.69) is 24.5 Å². The van der Waals surface area contributed by atoms with Gasteiger partial charge in [-0.15, -0.1) is 0 Å². The summed E-state index contributed by atoms with van der Waals surface area (Å²) in [6, 6.07) is 0.934. The molecule has 0 saturated heterocycles. The molecular formula is C15H30N2O2. The van der Waals surface area contributed by atoms with Crippen LogP contribution in [0.25, 0.3) is 0 Å². The second-order valence-corrected chi connectivity index (χ2v) is 6.51. The summed E-state index contributed by atoms with van der Waals surface area (Å²) in [6.45, 7) is 10.6. The Labute approximate surface area is 117 Å². The summed E-state index contributed by atoms with van der Waals surface area (Å²) in [6.07, 6.45) is 4.54. The fourth-order valence-electron chi connectivity index (χ4n) is 2.23. The van der Waals surface area contributed by atoms with Crippen LogP contribution in [0.1, 0.15) is 60.3 Å². The lowest BCUT2D eigenvalue weighted by Crippen LogP contribution is -2.46. The van der Waals surface area contributed by atoms with Crippen molar-refractivity contribution in [2.24, 2.45) is 5.92 Å². The molecule has 1 amide bonds. The van der Waals surface area contributed by atoms with Crippen molar-refractivity contribution in [1.29, 1.82) is 0 Å². The predicted molar refractivity (Wildman–Crippen MR) is 78.3 cm³/mol. The first-order chi connectivity index (χ1) is 8.85. The molecule has 0 heterocycles. The Bertz CT molecular complexity index is 282. The Kier molecular flexibility index (Phi) is 6.11. The summed E-state index contributed by atoms with van der Waals surface area (Å²) in [5, 5.41) is 6.52. The number of alkyl carbamates (subject to hydrolysis) is 1. The van der Waals surface area contributed by atoms with Crippen LogP contribution in [-0.4, -0.2) is 30.3 Å². The number of hydrogen-bond donors (Lipinski definition) is 2. The molecule has 4 heteroatoms. The highest BCUT2D eigenvalue weighted by atomic mass is 16.6. The molecule has 0 aliphatic heterocycles. The average Bonchev–Trinajstić information content (AvgIpc) is 3.11. The molecular weight excluding hydrogens is 240 g/mol. The highest BCUT2D eigenvalue weighted by Crippen LogP contribution is 2.34. The Hall–Kier alpha value is -0.770. The lowest BCUT2D eigenvalue weighted by molar-refractivity contribution is 0.0521. The van der Waals surface area contributed by atoms with E-state index in [9.17, 15) is 4.79 Å². The molecule has 2 unspecified atom stereocenters. The zero-order valence-corrected chi connectivity index (χ0v) is 13.1. The van der Waals surface area contributed by atoms with Crippen LogP contribution in [0.3, 0.4) is 0 Å². The first-order valence-electron chi connectivity index (χ1n) is 7.58. The summed E-state index contributed by atoms with van der Waals surface area (Å²) in [7, 11) is 0. The van der Waals surface area contributed by atoms with Crippen LogP contribution >= 0.6 is 0 Å². The average molecular weight is 270 g/mol. The molecule has 0 aromatic rings. The van der Waals surface area contributed by atoms with E-state index in [1.54, 1.807) is 0 Å². The number of rotatable bonds is 7. The molecule has 0 spiro atoms. The number of hydrogen-bond acceptors (Lipinski definition) is 3. The van der Waals surface area contributed by atoms with Gasteiger partial charge in [0.2, 0.25) is 0 Å². The molecule has 0 aromatic carbocycles. The molecule has 2 atom stereocenters. The summed E-state index contributed by atoms with van der Waals surface area (Å²) in [5.41, 5.74) is -0.431. The topological polar surface area (TPSA) is 50.4 Å². The third-order valence-corrected chi connectivity index (χ3v) is 3.47. The Morgan fingerprint density at radius 3 is 2.32 bits per heavy atom. The zero-order valence-electron chi connectivity index (χ0n) is 13.1. The molecule has 19 heavy (non-hydrogen) atoms. The molecule has 1 rings (SSSR count). The van der Waals surface area contributed by atoms with Crippen molar-refractivity contribution in [1.82, 2.24) is 10.6 Å². The van der Waals surface area contributed by atoms with Gasteiger partial charge in [-0.2, -0.15) is 0 Å². The number of nitrogens with one attached hydrogen (secondary N) is 2. The van der Waals surface area contributed by atoms with Crippen molar-refractivity contribution in [3.8, 4) is 0 Å². The summed E-state index contributed by atoms with van der Waals surface area (Å²) in [4.78, 5) is 11.6. The monoisotopic (exact) mass is 270 g/mol. The largest absolute Gasteiger partial charge is 0.444 e. The van der Waals surface area contributed by atoms with E-state index >= 15 is 0 Å². The standard InChI is InChI=1S/C15H30N2O2/c1-6-12(17-13(7-2)11-8-9-11)10-16-14(18)19-15(3,4)5/h11-13,17H,6-10H2,1-5H3,(H,16,18). The van der Waals surface area contributed by atoms with Gasteiger partial charge in [-0.3, -0.25) is 0 Å². The third kappa shape index (κ3) is 6.81. The van der Waals surface area contributed by atoms with Gasteiger partial charge in [-0.1, -0.05) is 13.8 Å². The summed E-state index contributed by atoms with van der Waals surface area (Å²) in [5.74, 6) is 0.848. The molecule has 112 valence electrons. The lowest BCUT2D eigenvalue weighted by Gasteiger charge is -2.25. The first-order valence-corrected chi connectivity index (χ1v) is 7.58. The minimum atomic E-state index is -0.431. The van der Waals surface area contributed by atoms with Gasteiger partial charge < -0.3 is 15.4 Å². The van der Waals surface area contributed by atoms with Gasteiger partial charge in [0.1, 0.15) is 5.60 Å². The normalized spacial score (nSPS) is 18.8. The van der Waals surface area contributed by atoms with Crippen LogP contribution in [0, 0.1) is 5.92 Å². The quantitative estimate of drug-likeness (QED) is 0.747. The SMILES string of the molecule is CCC(CNC(=O)OC(C)(C)C)NC(CC)C1CC1. The van der Waals surface area contributed by atoms with Crippen LogP contribution in [0.2, 0.25) is 0 Å². The molecule has 0 bridgehead atoms. The van der Waals surface area contributed by atoms with Gasteiger partial charge in [0.15, 0.2) is 0 Å². The number of ether oxygens (including phenoxy) is 1. The van der Waals surface area contributed by atoms with Crippen LogP contribution < -0.4 is 10.6 Å². The third-order valence-electron chi connectivity index (χ3n) is 3.47. The molecule has 1 aliphatic carbocycles. The van der Waals surface area contributed by atoms with Crippen LogP contribution in [0.5, 0.6) is 0 Å². The van der Waals surface area contributed by atoms with Crippen LogP contribution in [0.4, 0.5) is 4.79 Å². The molecule has 4 nitrogen and oxygen atoms in total. The maximum absolute atomic E-state index is 11.6. The molecule has 1 fully saturated rings. The van der Waals surface area contributed by atoms with E-state index in [0.29, 0.717) is 18.6 Å². The lowest BCUT2D eigenvalue weighted by atomic mass is 10.1. The Morgan fingerprint density at radius 2 is 1.89 bits per heavy atom. The molecule has 0 radical (unpaired) electrons. The molecule has 1 saturated carbocycles. The summed E-state index contributed by atoms with van der Waals surface area (Å²) < 4.78 is 5.25. The van der Waals surface area contributed by atoms with Crippen molar-refractivity contribution in [2.45, 2.75) is 78.0 Å². The zero-order chi connectivity index (χ0) is 14.5. The minimum Gasteiger partial charge on any atom is -0.444 e. The number of amides is 1. The van der Waals surface area contributed by atoms with Crippen LogP contribution in [-0.2, 0) is 4.74 Å². The van der Waals surface area contributed by atoms with E-state index in [1.807, 2.05) is 20.8 Å². The van der Waals surface area contributed by atoms with Crippen LogP contribution in [0.15, 0.2) is 0 Å². The van der Waals surface area contributed by atoms with E-state index in [0.717, 1.165) is 18.8 Å². The van der Waals surface area contributed by atoms with Gasteiger partial charge in [0.25, 0.3) is 0 Å². The smallest absolute Gasteiger partial charge is 0.407 e. The summed E-state index contributed by atoms with van der Waals surface area (Å²) >= 11 is 0. The Morgan fingerprint density at radius 1 is 1.26 bits per heavy atom. The van der Waals surface area contributed by atoms with Crippen molar-refractivity contribution in [3.05, 3.63) is 0 Å². The molecule has 0 aromatic heterocycles. The van der Waals surface area contributed by atoms with Gasteiger partial charge in [0.05, 0.1) is 0 Å². The first kappa shape index (κ1) is 16.3. The van der Waals surface area contributed by atoms with E-state index < -0.39 is 5.60 Å². The van der Waals surface area contributed by atoms with Crippen molar-refractivity contribution in [3.63, 3.8) is 0 Å². The maximum atomic E-state index is 11.6. The second kappa shape index (κ2) is 7.13. The predicted octanol–water partition coefficient (Wildman–Crippen LogP) is 3.07. The minimum absolute atomic E-state index is 0.327. The van der Waals surface area contributed by atoms with Gasteiger partial charge in [0, 0.05) is 18.6 Å². The van der Waals surface area contributed by atoms with Crippen molar-refractivity contribution >= 4 is 6.09 Å². The van der Waals surface area contributed by atoms with Crippen molar-refractivity contribution < 1.29 is 9.53 Å². The maximum Gasteiger partial charge on any atom is 0.407 e. The van der Waals surface area contributed by atoms with Crippen molar-refractivity contribution in [2.75, 3.05) is 6.54 Å². The molecule has 1 aliphatic rings. The fourth-order valence-corrected chi connectivity index (χ4v) is 2.23. The second-order valence-electron chi connectivity index (χ2n) is 6.51. The Balaban J connectivity index is 2.29. The highest BCUT2D eigenvalue weighted by molar-refractivity contribution is 5.67. The highest BCUT2D eigenvalue weighted by Gasteiger charge is 2.31. The van der Waals surface area contributed by atoms with Gasteiger partial charge in [-0.05, 0) is 52.4 Å². The van der Waals surface area contributed by atoms with Gasteiger partial charge >= 0.3 is 6.09 Å². The fraction of sp³-hybridized carbons (Fsp3) is 0.933. The van der Waals surface area contributed by atoms with E-state index in [1.165, 1.54) is 12.8 Å². The number of carbonyl (C=O) groups is 1. The molecule has 2 N–H and O–H groups in total. The number of carbonyl (C=O) groups excluding carboxylic acids is 1. The van der Waals surface area contributed by atoms with E-state index in [4.69, 9.17) is 4.74 Å². The van der Waals surface area contributed by atoms with E-state index in [-0.39, 0.29) is 6.09 Å².